The van der Waals surface area contributed by atoms with Gasteiger partial charge in [0.1, 0.15) is 48.8 Å². The van der Waals surface area contributed by atoms with E-state index >= 15 is 0 Å². The van der Waals surface area contributed by atoms with Gasteiger partial charge in [0, 0.05) is 6.42 Å². The van der Waals surface area contributed by atoms with Crippen molar-refractivity contribution in [3.63, 3.8) is 0 Å². The predicted octanol–water partition coefficient (Wildman–Crippen LogP) is 7.55. The van der Waals surface area contributed by atoms with Crippen LogP contribution in [0.25, 0.3) is 0 Å². The zero-order chi connectivity index (χ0) is 48.2. The third-order valence-corrected chi connectivity index (χ3v) is 13.5. The van der Waals surface area contributed by atoms with Gasteiger partial charge < -0.3 is 65.1 Å². The maximum absolute atomic E-state index is 13.2. The maximum atomic E-state index is 13.2. The van der Waals surface area contributed by atoms with E-state index < -0.39 is 86.8 Å². The first-order valence-electron chi connectivity index (χ1n) is 26.9. The number of hydrogen-bond acceptors (Lipinski definition) is 13. The van der Waals surface area contributed by atoms with Crippen LogP contribution in [0.2, 0.25) is 0 Å². The third-order valence-electron chi connectivity index (χ3n) is 13.5. The van der Waals surface area contributed by atoms with Crippen LogP contribution in [0.1, 0.15) is 219 Å². The van der Waals surface area contributed by atoms with Crippen LogP contribution in [-0.4, -0.2) is 140 Å². The normalized spacial score (nSPS) is 26.8. The Morgan fingerprint density at radius 3 is 1.39 bits per heavy atom. The molecule has 0 aliphatic carbocycles. The lowest BCUT2D eigenvalue weighted by Crippen LogP contribution is -2.65. The second-order valence-corrected chi connectivity index (χ2v) is 19.4. The Bertz CT molecular complexity index is 1160. The Balaban J connectivity index is 1.80. The molecule has 12 atom stereocenters. The van der Waals surface area contributed by atoms with Gasteiger partial charge in [0.15, 0.2) is 12.6 Å². The highest BCUT2D eigenvalue weighted by Gasteiger charge is 2.51. The molecule has 9 N–H and O–H groups in total. The van der Waals surface area contributed by atoms with Crippen molar-refractivity contribution in [3.05, 3.63) is 12.2 Å². The number of ether oxygens (including phenoxy) is 4. The van der Waals surface area contributed by atoms with Gasteiger partial charge in [-0.3, -0.25) is 4.79 Å². The Hall–Kier alpha value is -1.27. The number of carbonyl (C=O) groups excluding carboxylic acids is 1. The van der Waals surface area contributed by atoms with Gasteiger partial charge in [-0.15, -0.1) is 0 Å². The zero-order valence-corrected chi connectivity index (χ0v) is 41.5. The summed E-state index contributed by atoms with van der Waals surface area (Å²) in [5.74, 6) is -0.236. The van der Waals surface area contributed by atoms with Crippen molar-refractivity contribution >= 4 is 5.91 Å². The molecule has 2 heterocycles. The molecule has 0 unspecified atom stereocenters. The average molecular weight is 946 g/mol. The lowest BCUT2D eigenvalue weighted by atomic mass is 9.97. The molecule has 0 aromatic carbocycles. The fourth-order valence-electron chi connectivity index (χ4n) is 9.06. The molecule has 390 valence electrons. The van der Waals surface area contributed by atoms with E-state index in [0.717, 1.165) is 38.5 Å². The van der Waals surface area contributed by atoms with E-state index in [1.54, 1.807) is 6.08 Å². The summed E-state index contributed by atoms with van der Waals surface area (Å²) >= 11 is 0. The molecular formula is C52H99NO13. The van der Waals surface area contributed by atoms with E-state index in [9.17, 15) is 45.6 Å². The fraction of sp³-hybridized carbons (Fsp3) is 0.942. The highest BCUT2D eigenvalue weighted by Crippen LogP contribution is 2.30. The smallest absolute Gasteiger partial charge is 0.220 e. The Morgan fingerprint density at radius 2 is 0.939 bits per heavy atom. The third kappa shape index (κ3) is 26.1. The Labute approximate surface area is 399 Å². The van der Waals surface area contributed by atoms with Gasteiger partial charge in [0.25, 0.3) is 0 Å². The number of carbonyl (C=O) groups is 1. The highest BCUT2D eigenvalue weighted by molar-refractivity contribution is 5.76. The van der Waals surface area contributed by atoms with Crippen LogP contribution in [-0.2, 0) is 23.7 Å². The molecule has 66 heavy (non-hydrogen) atoms. The Kier molecular flexibility index (Phi) is 36.4. The van der Waals surface area contributed by atoms with Gasteiger partial charge in [-0.25, -0.2) is 0 Å². The van der Waals surface area contributed by atoms with Gasteiger partial charge in [0.05, 0.1) is 32.0 Å². The fourth-order valence-corrected chi connectivity index (χ4v) is 9.06. The summed E-state index contributed by atoms with van der Waals surface area (Å²) < 4.78 is 22.7. The summed E-state index contributed by atoms with van der Waals surface area (Å²) in [7, 11) is 0. The molecule has 14 nitrogen and oxygen atoms in total. The van der Waals surface area contributed by atoms with E-state index in [4.69, 9.17) is 18.9 Å². The van der Waals surface area contributed by atoms with Crippen LogP contribution in [0.3, 0.4) is 0 Å². The molecule has 0 spiro atoms. The molecule has 14 heteroatoms. The minimum Gasteiger partial charge on any atom is -0.394 e. The molecule has 2 rings (SSSR count). The quantitative estimate of drug-likeness (QED) is 0.0213. The minimum atomic E-state index is -1.78. The van der Waals surface area contributed by atoms with E-state index in [0.29, 0.717) is 6.42 Å². The van der Waals surface area contributed by atoms with Crippen LogP contribution in [0, 0.1) is 0 Å². The zero-order valence-electron chi connectivity index (χ0n) is 41.5. The lowest BCUT2D eigenvalue weighted by Gasteiger charge is -2.46. The Morgan fingerprint density at radius 1 is 0.530 bits per heavy atom. The van der Waals surface area contributed by atoms with Crippen molar-refractivity contribution in [2.24, 2.45) is 0 Å². The average Bonchev–Trinajstić information content (AvgIpc) is 3.31. The van der Waals surface area contributed by atoms with Gasteiger partial charge in [-0.05, 0) is 19.3 Å². The van der Waals surface area contributed by atoms with Crippen LogP contribution < -0.4 is 5.32 Å². The van der Waals surface area contributed by atoms with Crippen molar-refractivity contribution in [1.29, 1.82) is 0 Å². The first kappa shape index (κ1) is 60.9. The van der Waals surface area contributed by atoms with Crippen LogP contribution in [0.4, 0.5) is 0 Å². The molecule has 2 fully saturated rings. The highest BCUT2D eigenvalue weighted by atomic mass is 16.7. The second-order valence-electron chi connectivity index (χ2n) is 19.4. The molecule has 0 bridgehead atoms. The van der Waals surface area contributed by atoms with Gasteiger partial charge >= 0.3 is 0 Å². The van der Waals surface area contributed by atoms with Crippen molar-refractivity contribution in [1.82, 2.24) is 5.32 Å². The van der Waals surface area contributed by atoms with E-state index in [2.05, 4.69) is 19.2 Å². The lowest BCUT2D eigenvalue weighted by molar-refractivity contribution is -0.359. The van der Waals surface area contributed by atoms with Crippen molar-refractivity contribution in [2.75, 3.05) is 19.8 Å². The van der Waals surface area contributed by atoms with Crippen LogP contribution in [0.5, 0.6) is 0 Å². The number of aliphatic hydroxyl groups is 8. The maximum Gasteiger partial charge on any atom is 0.220 e. The van der Waals surface area contributed by atoms with Gasteiger partial charge in [0.2, 0.25) is 5.91 Å². The first-order chi connectivity index (χ1) is 32.1. The number of amides is 1. The monoisotopic (exact) mass is 946 g/mol. The summed E-state index contributed by atoms with van der Waals surface area (Å²) in [6.07, 6.45) is 25.3. The van der Waals surface area contributed by atoms with Crippen LogP contribution in [0.15, 0.2) is 12.2 Å². The topological polar surface area (TPSA) is 228 Å². The molecule has 2 saturated heterocycles. The molecule has 1 amide bonds. The molecular weight excluding hydrogens is 847 g/mol. The number of hydrogen-bond donors (Lipinski definition) is 9. The molecule has 0 radical (unpaired) electrons. The number of aliphatic hydroxyl groups excluding tert-OH is 8. The first-order valence-corrected chi connectivity index (χ1v) is 26.9. The number of unbranched alkanes of at least 4 members (excludes halogenated alkanes) is 29. The van der Waals surface area contributed by atoms with Crippen molar-refractivity contribution in [3.8, 4) is 0 Å². The summed E-state index contributed by atoms with van der Waals surface area (Å²) in [6.45, 7) is 2.80. The minimum absolute atomic E-state index is 0.236. The molecule has 0 saturated carbocycles. The van der Waals surface area contributed by atoms with E-state index in [1.807, 2.05) is 6.08 Å². The van der Waals surface area contributed by atoms with Crippen molar-refractivity contribution < 1.29 is 64.6 Å². The van der Waals surface area contributed by atoms with E-state index in [1.165, 1.54) is 154 Å². The number of nitrogens with one attached hydrogen (secondary N) is 1. The predicted molar refractivity (Wildman–Crippen MR) is 259 cm³/mol. The number of rotatable bonds is 42. The molecule has 2 aliphatic heterocycles. The largest absolute Gasteiger partial charge is 0.394 e. The van der Waals surface area contributed by atoms with Gasteiger partial charge in [-0.1, -0.05) is 206 Å². The summed E-state index contributed by atoms with van der Waals surface area (Å²) in [4.78, 5) is 13.2. The SMILES string of the molecule is CCCCCCCCCCCCC/C=C/[C@H](O)[C@@H](CO[C@@H]1O[C@@H](CO)[C@H](O[C@@H]2O[C@@H](CO)[C@H](O)[C@H](O)[C@@H]2O)[C@H](O)[C@@H]1O)NC(=O)CCCCCCCCCCCCCCCCCCCCC. The number of allylic oxidation sites excluding steroid dienone is 1. The van der Waals surface area contributed by atoms with Crippen molar-refractivity contribution in [2.45, 2.75) is 293 Å². The molecule has 0 aromatic heterocycles. The van der Waals surface area contributed by atoms with Crippen LogP contribution >= 0.6 is 0 Å². The van der Waals surface area contributed by atoms with E-state index in [-0.39, 0.29) is 18.9 Å². The summed E-state index contributed by atoms with van der Waals surface area (Å²) in [5, 5.41) is 86.8. The summed E-state index contributed by atoms with van der Waals surface area (Å²) in [5.41, 5.74) is 0. The molecule has 2 aliphatic rings. The second kappa shape index (κ2) is 39.5. The van der Waals surface area contributed by atoms with Gasteiger partial charge in [-0.2, -0.15) is 0 Å². The molecule has 0 aromatic rings. The standard InChI is InChI=1S/C52H99NO13/c1-3-5-7-9-11-13-15-17-18-19-20-21-22-24-26-28-30-32-34-36-44(57)53-40(41(56)35-33-31-29-27-25-23-16-14-12-10-8-6-4-2)39-63-51-49(62)47(60)50(43(38-55)65-51)66-52-48(61)46(59)45(58)42(37-54)64-52/h33,35,40-43,45-52,54-56,58-62H,3-32,34,36-39H2,1-2H3,(H,53,57)/b35-33+/t40-,41+,42+,43+,45+,46+,47-,48+,49+,50+,51-,52+/m1/s1. The summed E-state index contributed by atoms with van der Waals surface area (Å²) in [6, 6.07) is -0.907.